The van der Waals surface area contributed by atoms with Crippen LogP contribution in [0.3, 0.4) is 0 Å². The predicted molar refractivity (Wildman–Crippen MR) is 117 cm³/mol. The fourth-order valence-electron chi connectivity index (χ4n) is 5.23. The van der Waals surface area contributed by atoms with Crippen molar-refractivity contribution in [3.8, 4) is 0 Å². The Morgan fingerprint density at radius 2 is 1.67 bits per heavy atom. The van der Waals surface area contributed by atoms with Gasteiger partial charge in [-0.1, -0.05) is 24.6 Å². The first-order chi connectivity index (χ1) is 14.6. The number of rotatable bonds is 7. The summed E-state index contributed by atoms with van der Waals surface area (Å²) in [6.45, 7) is 6.61. The van der Waals surface area contributed by atoms with Crippen molar-refractivity contribution in [2.45, 2.75) is 38.5 Å². The SMILES string of the molecule is O=C(O)C[C@@H]1CCN(C(=O)C2CCC2)C[C@@H]1CCN1CCN(c2ccccc2)CC1. The average molecular weight is 414 g/mol. The monoisotopic (exact) mass is 413 g/mol. The van der Waals surface area contributed by atoms with Crippen LogP contribution in [0.1, 0.15) is 38.5 Å². The van der Waals surface area contributed by atoms with Crippen molar-refractivity contribution >= 4 is 17.6 Å². The van der Waals surface area contributed by atoms with Gasteiger partial charge in [-0.3, -0.25) is 14.5 Å². The molecule has 1 amide bonds. The summed E-state index contributed by atoms with van der Waals surface area (Å²) < 4.78 is 0. The number of nitrogens with zero attached hydrogens (tertiary/aromatic N) is 3. The summed E-state index contributed by atoms with van der Waals surface area (Å²) in [4.78, 5) is 31.1. The molecule has 164 valence electrons. The minimum absolute atomic E-state index is 0.193. The molecule has 1 aliphatic carbocycles. The highest BCUT2D eigenvalue weighted by Crippen LogP contribution is 2.34. The van der Waals surface area contributed by atoms with E-state index in [1.165, 1.54) is 12.1 Å². The number of carbonyl (C=O) groups excluding carboxylic acids is 1. The summed E-state index contributed by atoms with van der Waals surface area (Å²) in [6.07, 6.45) is 5.28. The van der Waals surface area contributed by atoms with Crippen LogP contribution in [0, 0.1) is 17.8 Å². The van der Waals surface area contributed by atoms with E-state index in [1.54, 1.807) is 0 Å². The molecule has 0 unspecified atom stereocenters. The van der Waals surface area contributed by atoms with E-state index in [4.69, 9.17) is 0 Å². The van der Waals surface area contributed by atoms with Crippen molar-refractivity contribution in [3.05, 3.63) is 30.3 Å². The zero-order valence-electron chi connectivity index (χ0n) is 17.9. The van der Waals surface area contributed by atoms with Crippen molar-refractivity contribution in [1.82, 2.24) is 9.80 Å². The van der Waals surface area contributed by atoms with Crippen LogP contribution < -0.4 is 4.90 Å². The maximum absolute atomic E-state index is 12.7. The molecule has 2 heterocycles. The van der Waals surface area contributed by atoms with Crippen molar-refractivity contribution in [2.75, 3.05) is 50.7 Å². The minimum Gasteiger partial charge on any atom is -0.481 e. The Balaban J connectivity index is 1.29. The van der Waals surface area contributed by atoms with Crippen LogP contribution in [-0.4, -0.2) is 72.6 Å². The summed E-state index contributed by atoms with van der Waals surface area (Å²) >= 11 is 0. The summed E-state index contributed by atoms with van der Waals surface area (Å²) in [6, 6.07) is 10.6. The zero-order chi connectivity index (χ0) is 20.9. The lowest BCUT2D eigenvalue weighted by Crippen LogP contribution is -2.50. The number of benzene rings is 1. The zero-order valence-corrected chi connectivity index (χ0v) is 17.9. The fraction of sp³-hybridized carbons (Fsp3) is 0.667. The highest BCUT2D eigenvalue weighted by molar-refractivity contribution is 5.79. The highest BCUT2D eigenvalue weighted by atomic mass is 16.4. The van der Waals surface area contributed by atoms with Crippen molar-refractivity contribution in [1.29, 1.82) is 0 Å². The molecule has 0 radical (unpaired) electrons. The van der Waals surface area contributed by atoms with Gasteiger partial charge in [0, 0.05) is 57.3 Å². The number of carboxylic acids is 1. The summed E-state index contributed by atoms with van der Waals surface area (Å²) in [5, 5.41) is 9.35. The number of hydrogen-bond donors (Lipinski definition) is 1. The number of carbonyl (C=O) groups is 2. The largest absolute Gasteiger partial charge is 0.481 e. The van der Waals surface area contributed by atoms with Crippen LogP contribution in [-0.2, 0) is 9.59 Å². The first kappa shape index (κ1) is 21.2. The highest BCUT2D eigenvalue weighted by Gasteiger charge is 2.36. The Bertz CT molecular complexity index is 714. The minimum atomic E-state index is -0.708. The normalized spacial score (nSPS) is 25.7. The molecule has 6 nitrogen and oxygen atoms in total. The third kappa shape index (κ3) is 5.15. The van der Waals surface area contributed by atoms with Crippen LogP contribution in [0.4, 0.5) is 5.69 Å². The van der Waals surface area contributed by atoms with Gasteiger partial charge in [-0.25, -0.2) is 0 Å². The fourth-order valence-corrected chi connectivity index (χ4v) is 5.23. The van der Waals surface area contributed by atoms with E-state index >= 15 is 0 Å². The van der Waals surface area contributed by atoms with Crippen molar-refractivity contribution < 1.29 is 14.7 Å². The molecule has 30 heavy (non-hydrogen) atoms. The lowest BCUT2D eigenvalue weighted by Gasteiger charge is -2.42. The molecule has 0 aromatic heterocycles. The number of para-hydroxylation sites is 1. The molecule has 0 spiro atoms. The molecular formula is C24H35N3O3. The van der Waals surface area contributed by atoms with E-state index < -0.39 is 5.97 Å². The van der Waals surface area contributed by atoms with Gasteiger partial charge in [0.15, 0.2) is 0 Å². The Morgan fingerprint density at radius 1 is 0.933 bits per heavy atom. The molecule has 6 heteroatoms. The molecule has 2 atom stereocenters. The van der Waals surface area contributed by atoms with Gasteiger partial charge in [0.1, 0.15) is 0 Å². The first-order valence-electron chi connectivity index (χ1n) is 11.6. The van der Waals surface area contributed by atoms with E-state index in [1.807, 2.05) is 4.90 Å². The topological polar surface area (TPSA) is 64.1 Å². The first-order valence-corrected chi connectivity index (χ1v) is 11.6. The van der Waals surface area contributed by atoms with E-state index in [0.29, 0.717) is 11.8 Å². The number of carboxylic acid groups (broad SMARTS) is 1. The van der Waals surface area contributed by atoms with Crippen LogP contribution in [0.5, 0.6) is 0 Å². The van der Waals surface area contributed by atoms with Gasteiger partial charge < -0.3 is 14.9 Å². The number of aliphatic carboxylic acids is 1. The maximum Gasteiger partial charge on any atom is 0.303 e. The molecule has 1 N–H and O–H groups in total. The van der Waals surface area contributed by atoms with Crippen LogP contribution in [0.15, 0.2) is 30.3 Å². The van der Waals surface area contributed by atoms with Gasteiger partial charge in [-0.15, -0.1) is 0 Å². The second kappa shape index (κ2) is 9.82. The summed E-state index contributed by atoms with van der Waals surface area (Å²) in [7, 11) is 0. The number of likely N-dealkylation sites (tertiary alicyclic amines) is 1. The van der Waals surface area contributed by atoms with E-state index in [2.05, 4.69) is 40.1 Å². The number of anilines is 1. The third-order valence-electron chi connectivity index (χ3n) is 7.40. The molecule has 3 fully saturated rings. The molecule has 4 rings (SSSR count). The molecule has 1 aromatic carbocycles. The molecule has 1 saturated carbocycles. The third-order valence-corrected chi connectivity index (χ3v) is 7.40. The van der Waals surface area contributed by atoms with Gasteiger partial charge in [0.25, 0.3) is 0 Å². The Labute approximate surface area is 179 Å². The van der Waals surface area contributed by atoms with Crippen LogP contribution in [0.2, 0.25) is 0 Å². The molecule has 2 aliphatic heterocycles. The van der Waals surface area contributed by atoms with E-state index in [9.17, 15) is 14.7 Å². The number of piperazine rings is 1. The molecular weight excluding hydrogens is 378 g/mol. The average Bonchev–Trinajstić information content (AvgIpc) is 2.72. The Morgan fingerprint density at radius 3 is 2.30 bits per heavy atom. The van der Waals surface area contributed by atoms with Gasteiger partial charge >= 0.3 is 5.97 Å². The van der Waals surface area contributed by atoms with E-state index in [0.717, 1.165) is 71.5 Å². The van der Waals surface area contributed by atoms with Crippen molar-refractivity contribution in [3.63, 3.8) is 0 Å². The summed E-state index contributed by atoms with van der Waals surface area (Å²) in [5.41, 5.74) is 1.29. The number of amides is 1. The Hall–Kier alpha value is -2.08. The lowest BCUT2D eigenvalue weighted by atomic mass is 9.79. The van der Waals surface area contributed by atoms with Crippen molar-refractivity contribution in [2.24, 2.45) is 17.8 Å². The molecule has 3 aliphatic rings. The number of hydrogen-bond acceptors (Lipinski definition) is 4. The maximum atomic E-state index is 12.7. The Kier molecular flexibility index (Phi) is 6.93. The smallest absolute Gasteiger partial charge is 0.303 e. The van der Waals surface area contributed by atoms with Gasteiger partial charge in [-0.2, -0.15) is 0 Å². The second-order valence-electron chi connectivity index (χ2n) is 9.27. The number of piperidine rings is 1. The molecule has 2 saturated heterocycles. The standard InChI is InChI=1S/C24H35N3O3/c28-23(29)17-20-10-12-27(24(30)19-5-4-6-19)18-21(20)9-11-25-13-15-26(16-14-25)22-7-2-1-3-8-22/h1-3,7-8,19-21H,4-6,9-18H2,(H,28,29)/t20-,21-/m0/s1. The van der Waals surface area contributed by atoms with Crippen LogP contribution >= 0.6 is 0 Å². The quantitative estimate of drug-likeness (QED) is 0.745. The van der Waals surface area contributed by atoms with E-state index in [-0.39, 0.29) is 18.3 Å². The molecule has 1 aromatic rings. The van der Waals surface area contributed by atoms with Gasteiger partial charge in [-0.05, 0) is 56.2 Å². The predicted octanol–water partition coefficient (Wildman–Crippen LogP) is 2.94. The van der Waals surface area contributed by atoms with Gasteiger partial charge in [0.2, 0.25) is 5.91 Å². The lowest BCUT2D eigenvalue weighted by molar-refractivity contribution is -0.142. The van der Waals surface area contributed by atoms with Gasteiger partial charge in [0.05, 0.1) is 0 Å². The second-order valence-corrected chi connectivity index (χ2v) is 9.27. The molecule has 0 bridgehead atoms. The summed E-state index contributed by atoms with van der Waals surface area (Å²) in [5.74, 6) is 0.328. The van der Waals surface area contributed by atoms with Crippen LogP contribution in [0.25, 0.3) is 0 Å².